The van der Waals surface area contributed by atoms with Crippen LogP contribution in [0.3, 0.4) is 0 Å². The summed E-state index contributed by atoms with van der Waals surface area (Å²) in [5.41, 5.74) is 2.16. The number of rotatable bonds is 1. The molecule has 19 heavy (non-hydrogen) atoms. The van der Waals surface area contributed by atoms with Gasteiger partial charge in [-0.1, -0.05) is 46.0 Å². The van der Waals surface area contributed by atoms with Crippen LogP contribution in [0.15, 0.2) is 53.0 Å². The van der Waals surface area contributed by atoms with E-state index in [-0.39, 0.29) is 0 Å². The third-order valence-corrected chi connectivity index (χ3v) is 2.88. The molecule has 0 bridgehead atoms. The molecule has 0 fully saturated rings. The number of hydrogen-bond donors (Lipinski definition) is 0. The van der Waals surface area contributed by atoms with Gasteiger partial charge in [0.1, 0.15) is 0 Å². The summed E-state index contributed by atoms with van der Waals surface area (Å²) in [5.74, 6) is 11.4. The van der Waals surface area contributed by atoms with E-state index in [1.807, 2.05) is 36.4 Å². The zero-order chi connectivity index (χ0) is 13.5. The van der Waals surface area contributed by atoms with Crippen LogP contribution in [-0.4, -0.2) is 6.29 Å². The minimum atomic E-state index is 0.567. The van der Waals surface area contributed by atoms with Crippen molar-refractivity contribution >= 4 is 22.2 Å². The average molecular weight is 309 g/mol. The van der Waals surface area contributed by atoms with Crippen molar-refractivity contribution in [1.29, 1.82) is 0 Å². The number of benzene rings is 2. The maximum Gasteiger partial charge on any atom is 0.151 e. The predicted molar refractivity (Wildman–Crippen MR) is 79.7 cm³/mol. The Kier molecular flexibility index (Phi) is 4.56. The highest BCUT2D eigenvalue weighted by Gasteiger charge is 1.98. The van der Waals surface area contributed by atoms with Crippen molar-refractivity contribution in [3.8, 4) is 23.7 Å². The Labute approximate surface area is 120 Å². The second-order valence-corrected chi connectivity index (χ2v) is 4.63. The maximum atomic E-state index is 10.9. The Hall–Kier alpha value is -2.29. The van der Waals surface area contributed by atoms with Gasteiger partial charge in [-0.2, -0.15) is 0 Å². The Morgan fingerprint density at radius 3 is 2.42 bits per heavy atom. The van der Waals surface area contributed by atoms with Gasteiger partial charge >= 0.3 is 0 Å². The fourth-order valence-corrected chi connectivity index (χ4v) is 1.82. The molecule has 0 N–H and O–H groups in total. The van der Waals surface area contributed by atoms with E-state index in [0.717, 1.165) is 16.3 Å². The largest absolute Gasteiger partial charge is 0.298 e. The highest BCUT2D eigenvalue weighted by Crippen LogP contribution is 2.14. The molecule has 0 saturated heterocycles. The molecule has 2 aromatic rings. The zero-order valence-electron chi connectivity index (χ0n) is 9.98. The van der Waals surface area contributed by atoms with Crippen molar-refractivity contribution in [3.63, 3.8) is 0 Å². The van der Waals surface area contributed by atoms with Gasteiger partial charge in [-0.3, -0.25) is 4.79 Å². The van der Waals surface area contributed by atoms with Crippen molar-refractivity contribution in [2.24, 2.45) is 0 Å². The summed E-state index contributed by atoms with van der Waals surface area (Å²) in [6.45, 7) is 0. The van der Waals surface area contributed by atoms with E-state index >= 15 is 0 Å². The summed E-state index contributed by atoms with van der Waals surface area (Å²) in [4.78, 5) is 10.9. The Bertz CT molecular complexity index is 710. The number of halogens is 1. The van der Waals surface area contributed by atoms with Crippen LogP contribution >= 0.6 is 15.9 Å². The van der Waals surface area contributed by atoms with E-state index in [1.165, 1.54) is 0 Å². The summed E-state index contributed by atoms with van der Waals surface area (Å²) in [6, 6.07) is 15.0. The lowest BCUT2D eigenvalue weighted by atomic mass is 10.1. The van der Waals surface area contributed by atoms with Crippen LogP contribution in [0.1, 0.15) is 21.5 Å². The molecule has 0 aliphatic rings. The van der Waals surface area contributed by atoms with Crippen LogP contribution in [0.4, 0.5) is 0 Å². The zero-order valence-corrected chi connectivity index (χ0v) is 11.6. The van der Waals surface area contributed by atoms with E-state index in [1.54, 1.807) is 12.1 Å². The van der Waals surface area contributed by atoms with Gasteiger partial charge in [0, 0.05) is 21.2 Å². The second-order valence-electron chi connectivity index (χ2n) is 3.72. The minimum Gasteiger partial charge on any atom is -0.298 e. The lowest BCUT2D eigenvalue weighted by Crippen LogP contribution is -1.86. The van der Waals surface area contributed by atoms with Gasteiger partial charge in [-0.05, 0) is 42.2 Å². The molecule has 1 nitrogen and oxygen atoms in total. The molecule has 90 valence electrons. The molecule has 2 rings (SSSR count). The monoisotopic (exact) mass is 308 g/mol. The smallest absolute Gasteiger partial charge is 0.151 e. The van der Waals surface area contributed by atoms with Gasteiger partial charge in [0.15, 0.2) is 6.29 Å². The first-order valence-corrected chi connectivity index (χ1v) is 6.41. The fraction of sp³-hybridized carbons (Fsp3) is 0. The highest BCUT2D eigenvalue weighted by atomic mass is 79.9. The van der Waals surface area contributed by atoms with Gasteiger partial charge in [0.05, 0.1) is 0 Å². The Morgan fingerprint density at radius 2 is 1.68 bits per heavy atom. The number of carbonyl (C=O) groups excluding carboxylic acids is 1. The molecule has 0 aliphatic carbocycles. The molecule has 0 radical (unpaired) electrons. The van der Waals surface area contributed by atoms with Crippen LogP contribution in [0.2, 0.25) is 0 Å². The molecule has 0 aliphatic heterocycles. The molecule has 0 unspecified atom stereocenters. The molecule has 0 heterocycles. The third kappa shape index (κ3) is 3.85. The molecular weight excluding hydrogens is 300 g/mol. The average Bonchev–Trinajstić information content (AvgIpc) is 2.45. The van der Waals surface area contributed by atoms with Gasteiger partial charge in [0.2, 0.25) is 0 Å². The summed E-state index contributed by atoms with van der Waals surface area (Å²) in [7, 11) is 0. The van der Waals surface area contributed by atoms with Crippen molar-refractivity contribution in [3.05, 3.63) is 69.7 Å². The lowest BCUT2D eigenvalue weighted by Gasteiger charge is -1.96. The third-order valence-electron chi connectivity index (χ3n) is 2.38. The van der Waals surface area contributed by atoms with Crippen molar-refractivity contribution in [2.45, 2.75) is 0 Å². The standard InChI is InChI=1S/C17H9BrO/c18-17-11-10-16(13-19)15(12-17)9-5-4-8-14-6-2-1-3-7-14/h1-3,6-7,10-13H. The summed E-state index contributed by atoms with van der Waals surface area (Å²) in [5, 5.41) is 0. The van der Waals surface area contributed by atoms with Crippen LogP contribution in [0.5, 0.6) is 0 Å². The first kappa shape index (κ1) is 13.1. The quantitative estimate of drug-likeness (QED) is 0.580. The van der Waals surface area contributed by atoms with E-state index in [4.69, 9.17) is 0 Å². The topological polar surface area (TPSA) is 17.1 Å². The van der Waals surface area contributed by atoms with Crippen molar-refractivity contribution in [2.75, 3.05) is 0 Å². The molecule has 2 heteroatoms. The first-order valence-electron chi connectivity index (χ1n) is 5.61. The van der Waals surface area contributed by atoms with E-state index in [2.05, 4.69) is 39.6 Å². The lowest BCUT2D eigenvalue weighted by molar-refractivity contribution is 0.112. The highest BCUT2D eigenvalue weighted by molar-refractivity contribution is 9.10. The van der Waals surface area contributed by atoms with Crippen LogP contribution in [0.25, 0.3) is 0 Å². The van der Waals surface area contributed by atoms with E-state index in [0.29, 0.717) is 11.1 Å². The van der Waals surface area contributed by atoms with Crippen molar-refractivity contribution in [1.82, 2.24) is 0 Å². The molecule has 0 amide bonds. The van der Waals surface area contributed by atoms with E-state index in [9.17, 15) is 4.79 Å². The molecule has 0 spiro atoms. The van der Waals surface area contributed by atoms with Gasteiger partial charge in [0.25, 0.3) is 0 Å². The van der Waals surface area contributed by atoms with Crippen LogP contribution in [-0.2, 0) is 0 Å². The number of hydrogen-bond acceptors (Lipinski definition) is 1. The van der Waals surface area contributed by atoms with Crippen LogP contribution in [0, 0.1) is 23.7 Å². The number of carbonyl (C=O) groups is 1. The predicted octanol–water partition coefficient (Wildman–Crippen LogP) is 3.66. The Balaban J connectivity index is 2.24. The molecule has 0 saturated carbocycles. The van der Waals surface area contributed by atoms with Crippen LogP contribution < -0.4 is 0 Å². The molecule has 0 atom stereocenters. The fourth-order valence-electron chi connectivity index (χ4n) is 1.46. The summed E-state index contributed by atoms with van der Waals surface area (Å²) in [6.07, 6.45) is 0.793. The SMILES string of the molecule is O=Cc1ccc(Br)cc1C#CC#Cc1ccccc1. The number of aldehydes is 1. The Morgan fingerprint density at radius 1 is 0.947 bits per heavy atom. The maximum absolute atomic E-state index is 10.9. The minimum absolute atomic E-state index is 0.567. The molecule has 2 aromatic carbocycles. The molecule has 0 aromatic heterocycles. The van der Waals surface area contributed by atoms with Gasteiger partial charge in [-0.25, -0.2) is 0 Å². The second kappa shape index (κ2) is 6.59. The van der Waals surface area contributed by atoms with E-state index < -0.39 is 0 Å². The first-order chi connectivity index (χ1) is 9.29. The molecular formula is C17H9BrO. The van der Waals surface area contributed by atoms with Crippen molar-refractivity contribution < 1.29 is 4.79 Å². The summed E-state index contributed by atoms with van der Waals surface area (Å²) >= 11 is 3.35. The van der Waals surface area contributed by atoms with Gasteiger partial charge in [-0.15, -0.1) is 0 Å². The normalized spacial score (nSPS) is 8.68. The van der Waals surface area contributed by atoms with Gasteiger partial charge < -0.3 is 0 Å². The summed E-state index contributed by atoms with van der Waals surface area (Å²) < 4.78 is 0.887.